The summed E-state index contributed by atoms with van der Waals surface area (Å²) in [5.74, 6) is -2.27. The molecule has 0 rings (SSSR count). The second-order valence-electron chi connectivity index (χ2n) is 25.5. The van der Waals surface area contributed by atoms with Crippen molar-refractivity contribution in [1.82, 2.24) is 0 Å². The van der Waals surface area contributed by atoms with Crippen molar-refractivity contribution in [2.75, 3.05) is 39.6 Å². The van der Waals surface area contributed by atoms with Gasteiger partial charge in [0.25, 0.3) is 0 Å². The van der Waals surface area contributed by atoms with Crippen LogP contribution in [0.3, 0.4) is 0 Å². The number of esters is 4. The summed E-state index contributed by atoms with van der Waals surface area (Å²) in [7, 11) is -9.97. The number of rotatable bonds is 72. The Balaban J connectivity index is 5.41. The van der Waals surface area contributed by atoms with Gasteiger partial charge in [-0.25, -0.2) is 9.13 Å². The fourth-order valence-electron chi connectivity index (χ4n) is 10.1. The third kappa shape index (κ3) is 71.8. The number of hydrogen-bond acceptors (Lipinski definition) is 15. The highest BCUT2D eigenvalue weighted by atomic mass is 31.2. The molecule has 3 N–H and O–H groups in total. The van der Waals surface area contributed by atoms with E-state index in [1.807, 2.05) is 12.2 Å². The molecular weight excluding hydrogens is 1310 g/mol. The van der Waals surface area contributed by atoms with E-state index in [0.717, 1.165) is 128 Å². The molecule has 0 saturated carbocycles. The van der Waals surface area contributed by atoms with Crippen molar-refractivity contribution in [1.29, 1.82) is 0 Å². The maximum absolute atomic E-state index is 13.1. The molecule has 0 fully saturated rings. The van der Waals surface area contributed by atoms with Gasteiger partial charge in [-0.15, -0.1) is 0 Å². The normalized spacial score (nSPS) is 14.6. The van der Waals surface area contributed by atoms with Crippen LogP contribution in [-0.2, 0) is 65.4 Å². The number of carbonyl (C=O) groups is 4. The second-order valence-corrected chi connectivity index (χ2v) is 28.5. The van der Waals surface area contributed by atoms with Gasteiger partial charge in [0.1, 0.15) is 19.3 Å². The maximum Gasteiger partial charge on any atom is 0.472 e. The van der Waals surface area contributed by atoms with Crippen LogP contribution in [0.25, 0.3) is 0 Å². The first-order valence-corrected chi connectivity index (χ1v) is 41.8. The van der Waals surface area contributed by atoms with Gasteiger partial charge in [0, 0.05) is 25.7 Å². The van der Waals surface area contributed by atoms with Crippen molar-refractivity contribution < 1.29 is 80.2 Å². The minimum Gasteiger partial charge on any atom is -0.462 e. The quantitative estimate of drug-likeness (QED) is 0.0169. The smallest absolute Gasteiger partial charge is 0.462 e. The number of aliphatic hydroxyl groups excluding tert-OH is 1. The molecule has 0 aromatic rings. The number of phosphoric acid groups is 2. The van der Waals surface area contributed by atoms with Gasteiger partial charge in [-0.05, 0) is 109 Å². The van der Waals surface area contributed by atoms with E-state index in [-0.39, 0.29) is 25.7 Å². The molecule has 0 amide bonds. The van der Waals surface area contributed by atoms with Crippen molar-refractivity contribution in [3.63, 3.8) is 0 Å². The van der Waals surface area contributed by atoms with Gasteiger partial charge >= 0.3 is 39.5 Å². The predicted octanol–water partition coefficient (Wildman–Crippen LogP) is 22.3. The van der Waals surface area contributed by atoms with E-state index in [1.165, 1.54) is 96.3 Å². The lowest BCUT2D eigenvalue weighted by Gasteiger charge is -2.21. The lowest BCUT2D eigenvalue weighted by atomic mass is 10.0. The summed E-state index contributed by atoms with van der Waals surface area (Å²) in [5, 5.41) is 10.6. The van der Waals surface area contributed by atoms with Gasteiger partial charge in [-0.2, -0.15) is 0 Å². The Morgan fingerprint density at radius 1 is 0.290 bits per heavy atom. The molecule has 5 atom stereocenters. The molecule has 0 aromatic heterocycles. The summed E-state index contributed by atoms with van der Waals surface area (Å²) < 4.78 is 68.4. The van der Waals surface area contributed by atoms with Crippen LogP contribution in [0.2, 0.25) is 0 Å². The summed E-state index contributed by atoms with van der Waals surface area (Å²) in [5.41, 5.74) is 0. The summed E-state index contributed by atoms with van der Waals surface area (Å²) in [6, 6.07) is 0. The van der Waals surface area contributed by atoms with Gasteiger partial charge in [0.15, 0.2) is 12.2 Å². The number of carbonyl (C=O) groups excluding carboxylic acids is 4. The van der Waals surface area contributed by atoms with Gasteiger partial charge in [0.2, 0.25) is 0 Å². The van der Waals surface area contributed by atoms with E-state index in [4.69, 9.17) is 37.0 Å². The van der Waals surface area contributed by atoms with Gasteiger partial charge in [-0.3, -0.25) is 37.3 Å². The van der Waals surface area contributed by atoms with Crippen molar-refractivity contribution in [3.8, 4) is 0 Å². The van der Waals surface area contributed by atoms with E-state index < -0.39 is 97.5 Å². The SMILES string of the molecule is CC/C=C\C/C=C\C/C=C\C/C=C\C/C=C\CCCCCC(=O)OCC(COP(=O)(O)OCC(O)COP(=O)(O)OCC(COC(=O)CCCCCCCCCCCCCCC)OC(=O)CCCCCCCCCCCCC)OC(=O)CCC/C=C\C/C=C\C/C=C\C/C=C\C/C=C\CC. The van der Waals surface area contributed by atoms with Crippen molar-refractivity contribution >= 4 is 39.5 Å². The Kier molecular flexibility index (Phi) is 69.5. The highest BCUT2D eigenvalue weighted by Crippen LogP contribution is 2.45. The molecule has 5 unspecified atom stereocenters. The molecule has 0 aromatic carbocycles. The average Bonchev–Trinajstić information content (AvgIpc) is 0.930. The van der Waals surface area contributed by atoms with E-state index in [1.54, 1.807) is 0 Å². The van der Waals surface area contributed by atoms with Crippen LogP contribution in [0.5, 0.6) is 0 Å². The van der Waals surface area contributed by atoms with Crippen LogP contribution in [0.15, 0.2) is 122 Å². The molecule has 19 heteroatoms. The first kappa shape index (κ1) is 95.5. The Morgan fingerprint density at radius 3 is 0.840 bits per heavy atom. The Morgan fingerprint density at radius 2 is 0.530 bits per heavy atom. The fourth-order valence-corrected chi connectivity index (χ4v) is 11.7. The van der Waals surface area contributed by atoms with E-state index >= 15 is 0 Å². The topological polar surface area (TPSA) is 237 Å². The van der Waals surface area contributed by atoms with Gasteiger partial charge < -0.3 is 33.8 Å². The molecule has 574 valence electrons. The van der Waals surface area contributed by atoms with E-state index in [0.29, 0.717) is 32.1 Å². The zero-order valence-corrected chi connectivity index (χ0v) is 64.4. The van der Waals surface area contributed by atoms with Crippen LogP contribution in [-0.4, -0.2) is 96.7 Å². The predicted molar refractivity (Wildman–Crippen MR) is 408 cm³/mol. The zero-order valence-electron chi connectivity index (χ0n) is 62.6. The van der Waals surface area contributed by atoms with Gasteiger partial charge in [-0.1, -0.05) is 297 Å². The molecule has 0 radical (unpaired) electrons. The first-order chi connectivity index (χ1) is 48.7. The van der Waals surface area contributed by atoms with Crippen LogP contribution in [0.4, 0.5) is 0 Å². The minimum absolute atomic E-state index is 0.00679. The number of ether oxygens (including phenoxy) is 4. The number of phosphoric ester groups is 2. The number of allylic oxidation sites excluding steroid dienone is 20. The maximum atomic E-state index is 13.1. The second kappa shape index (κ2) is 72.8. The Labute approximate surface area is 606 Å². The summed E-state index contributed by atoms with van der Waals surface area (Å²) in [6.45, 7) is 4.55. The Bertz CT molecular complexity index is 2370. The zero-order chi connectivity index (χ0) is 73.2. The summed E-state index contributed by atoms with van der Waals surface area (Å²) in [6.07, 6.45) is 79.1. The molecule has 0 aliphatic carbocycles. The third-order valence-corrected chi connectivity index (χ3v) is 17.9. The lowest BCUT2D eigenvalue weighted by Crippen LogP contribution is -2.30. The van der Waals surface area contributed by atoms with E-state index in [2.05, 4.69) is 137 Å². The molecule has 0 aliphatic rings. The average molecular weight is 1450 g/mol. The molecule has 0 saturated heterocycles. The van der Waals surface area contributed by atoms with Crippen LogP contribution < -0.4 is 0 Å². The lowest BCUT2D eigenvalue weighted by molar-refractivity contribution is -0.161. The van der Waals surface area contributed by atoms with Crippen molar-refractivity contribution in [2.24, 2.45) is 0 Å². The molecule has 0 bridgehead atoms. The first-order valence-electron chi connectivity index (χ1n) is 38.8. The number of aliphatic hydroxyl groups is 1. The van der Waals surface area contributed by atoms with Gasteiger partial charge in [0.05, 0.1) is 26.4 Å². The highest BCUT2D eigenvalue weighted by Gasteiger charge is 2.30. The molecule has 0 heterocycles. The fraction of sp³-hybridized carbons (Fsp3) is 0.704. The van der Waals surface area contributed by atoms with Crippen molar-refractivity contribution in [2.45, 2.75) is 329 Å². The minimum atomic E-state index is -5.00. The monoisotopic (exact) mass is 1440 g/mol. The largest absolute Gasteiger partial charge is 0.472 e. The molecule has 0 aliphatic heterocycles. The molecular formula is C81H138O17P2. The molecule has 0 spiro atoms. The number of hydrogen-bond donors (Lipinski definition) is 3. The van der Waals surface area contributed by atoms with Crippen molar-refractivity contribution in [3.05, 3.63) is 122 Å². The highest BCUT2D eigenvalue weighted by molar-refractivity contribution is 7.47. The van der Waals surface area contributed by atoms with Crippen LogP contribution in [0, 0.1) is 0 Å². The number of unbranched alkanes of at least 4 members (excludes halogenated alkanes) is 26. The third-order valence-electron chi connectivity index (χ3n) is 16.0. The summed E-state index contributed by atoms with van der Waals surface area (Å²) in [4.78, 5) is 72.8. The molecule has 100 heavy (non-hydrogen) atoms. The van der Waals surface area contributed by atoms with Crippen LogP contribution in [0.1, 0.15) is 310 Å². The molecule has 17 nitrogen and oxygen atoms in total. The van der Waals surface area contributed by atoms with Crippen LogP contribution >= 0.6 is 15.6 Å². The Hall–Kier alpha value is -4.54. The summed E-state index contributed by atoms with van der Waals surface area (Å²) >= 11 is 0. The standard InChI is InChI=1S/C81H138O17P2/c1-5-9-13-17-21-25-29-32-34-36-37-39-40-43-47-50-54-58-62-66-79(84)92-72-77(98-81(86)68-64-60-56-52-48-44-41-38-35-33-30-26-22-18-14-10-6-2)74-96-100(89,90)94-70-75(82)69-93-99(87,88)95-73-76(97-80(85)67-63-59-55-51-45-28-24-20-16-12-8-4)71-91-78(83)65-61-57-53-49-46-42-31-27-23-19-15-11-7-3/h9-10,13-14,21-22,25-26,32-35,37,39,41,43-44,47,52,56,75-77,82H,5-8,11-12,15-20,23-24,27-31,36,38,40,42,45-46,48-51,53-55,57-74H2,1-4H3,(H,87,88)(H,89,90)/b13-9-,14-10-,25-21-,26-22-,34-32-,35-33-,39-37-,44-41-,47-43-,56-52-. The van der Waals surface area contributed by atoms with E-state index in [9.17, 15) is 43.2 Å².